The first kappa shape index (κ1) is 20.8. The van der Waals surface area contributed by atoms with Crippen LogP contribution in [0.15, 0.2) is 35.2 Å². The van der Waals surface area contributed by atoms with Gasteiger partial charge < -0.3 is 10.6 Å². The lowest BCUT2D eigenvalue weighted by Crippen LogP contribution is -2.48. The molecular weight excluding hydrogens is 378 g/mol. The summed E-state index contributed by atoms with van der Waals surface area (Å²) < 4.78 is 26.9. The molecule has 1 atom stereocenters. The van der Waals surface area contributed by atoms with Crippen molar-refractivity contribution in [3.8, 4) is 0 Å². The maximum absolute atomic E-state index is 12.8. The van der Waals surface area contributed by atoms with Gasteiger partial charge in [0.15, 0.2) is 0 Å². The monoisotopic (exact) mass is 407 g/mol. The van der Waals surface area contributed by atoms with E-state index in [1.807, 2.05) is 0 Å². The van der Waals surface area contributed by atoms with Crippen molar-refractivity contribution < 1.29 is 18.0 Å². The van der Waals surface area contributed by atoms with Crippen LogP contribution >= 0.6 is 0 Å². The fourth-order valence-electron chi connectivity index (χ4n) is 3.95. The summed E-state index contributed by atoms with van der Waals surface area (Å²) in [6, 6.07) is 8.48. The molecule has 0 aromatic heterocycles. The number of nitrogens with zero attached hydrogens (tertiary/aromatic N) is 1. The third kappa shape index (κ3) is 5.32. The number of carbonyl (C=O) groups excluding carboxylic acids is 2. The van der Waals surface area contributed by atoms with Gasteiger partial charge in [0.25, 0.3) is 0 Å². The van der Waals surface area contributed by atoms with Gasteiger partial charge in [-0.15, -0.1) is 0 Å². The standard InChI is InChI=1S/C20H29N3O4S/c24-19(22-17-9-3-1-4-10-17)14-21-20(25)16-8-7-13-23(15-16)28(26,27)18-11-5-2-6-12-18/h2,5-6,11-12,16-17H,1,3-4,7-10,13-15H2,(H,21,25)(H,22,24). The van der Waals surface area contributed by atoms with E-state index in [1.54, 1.807) is 30.3 Å². The molecule has 8 heteroatoms. The third-order valence-electron chi connectivity index (χ3n) is 5.53. The van der Waals surface area contributed by atoms with Crippen LogP contribution in [0.5, 0.6) is 0 Å². The second kappa shape index (κ2) is 9.52. The topological polar surface area (TPSA) is 95.6 Å². The molecule has 1 aliphatic heterocycles. The molecule has 1 aromatic carbocycles. The number of benzene rings is 1. The number of amides is 2. The lowest BCUT2D eigenvalue weighted by Gasteiger charge is -2.31. The molecule has 1 heterocycles. The summed E-state index contributed by atoms with van der Waals surface area (Å²) in [5.41, 5.74) is 0. The minimum absolute atomic E-state index is 0.0583. The Kier molecular flexibility index (Phi) is 7.07. The van der Waals surface area contributed by atoms with E-state index in [0.717, 1.165) is 25.7 Å². The zero-order valence-electron chi connectivity index (χ0n) is 16.1. The molecule has 1 unspecified atom stereocenters. The number of nitrogens with one attached hydrogen (secondary N) is 2. The van der Waals surface area contributed by atoms with Crippen LogP contribution in [-0.4, -0.2) is 50.2 Å². The Bertz CT molecular complexity index is 776. The first-order chi connectivity index (χ1) is 13.5. The van der Waals surface area contributed by atoms with Crippen molar-refractivity contribution >= 4 is 21.8 Å². The van der Waals surface area contributed by atoms with Crippen LogP contribution in [0.1, 0.15) is 44.9 Å². The van der Waals surface area contributed by atoms with Gasteiger partial charge in [0, 0.05) is 19.1 Å². The van der Waals surface area contributed by atoms with Gasteiger partial charge in [0.1, 0.15) is 0 Å². The van der Waals surface area contributed by atoms with E-state index in [2.05, 4.69) is 10.6 Å². The molecule has 28 heavy (non-hydrogen) atoms. The lowest BCUT2D eigenvalue weighted by molar-refractivity contribution is -0.129. The van der Waals surface area contributed by atoms with E-state index in [0.29, 0.717) is 19.4 Å². The van der Waals surface area contributed by atoms with E-state index in [9.17, 15) is 18.0 Å². The number of hydrogen-bond donors (Lipinski definition) is 2. The fourth-order valence-corrected chi connectivity index (χ4v) is 5.50. The molecule has 1 aliphatic carbocycles. The van der Waals surface area contributed by atoms with Gasteiger partial charge in [0.2, 0.25) is 21.8 Å². The average Bonchev–Trinajstić information content (AvgIpc) is 2.73. The van der Waals surface area contributed by atoms with E-state index in [4.69, 9.17) is 0 Å². The number of hydrogen-bond acceptors (Lipinski definition) is 4. The second-order valence-corrected chi connectivity index (χ2v) is 9.57. The first-order valence-corrected chi connectivity index (χ1v) is 11.5. The summed E-state index contributed by atoms with van der Waals surface area (Å²) in [7, 11) is -3.60. The zero-order chi connectivity index (χ0) is 20.0. The molecule has 2 fully saturated rings. The average molecular weight is 408 g/mol. The van der Waals surface area contributed by atoms with Crippen LogP contribution < -0.4 is 10.6 Å². The molecule has 2 N–H and O–H groups in total. The summed E-state index contributed by atoms with van der Waals surface area (Å²) >= 11 is 0. The van der Waals surface area contributed by atoms with Crippen LogP contribution in [0.4, 0.5) is 0 Å². The van der Waals surface area contributed by atoms with Crippen molar-refractivity contribution in [2.24, 2.45) is 5.92 Å². The summed E-state index contributed by atoms with van der Waals surface area (Å²) in [6.07, 6.45) is 6.71. The number of carbonyl (C=O) groups is 2. The highest BCUT2D eigenvalue weighted by Gasteiger charge is 2.33. The largest absolute Gasteiger partial charge is 0.352 e. The quantitative estimate of drug-likeness (QED) is 0.750. The highest BCUT2D eigenvalue weighted by atomic mass is 32.2. The van der Waals surface area contributed by atoms with Crippen molar-refractivity contribution in [2.45, 2.75) is 55.9 Å². The Morgan fingerprint density at radius 1 is 1.00 bits per heavy atom. The Morgan fingerprint density at radius 3 is 2.43 bits per heavy atom. The van der Waals surface area contributed by atoms with Crippen LogP contribution in [0.25, 0.3) is 0 Å². The molecule has 1 saturated carbocycles. The maximum atomic E-state index is 12.8. The minimum atomic E-state index is -3.60. The number of sulfonamides is 1. The smallest absolute Gasteiger partial charge is 0.243 e. The summed E-state index contributed by atoms with van der Waals surface area (Å²) in [6.45, 7) is 0.494. The zero-order valence-corrected chi connectivity index (χ0v) is 16.9. The normalized spacial score (nSPS) is 21.8. The molecular formula is C20H29N3O4S. The van der Waals surface area contributed by atoms with Crippen molar-refractivity contribution in [1.29, 1.82) is 0 Å². The molecule has 2 aliphatic rings. The van der Waals surface area contributed by atoms with Crippen LogP contribution in [0.2, 0.25) is 0 Å². The molecule has 0 bridgehead atoms. The molecule has 1 aromatic rings. The summed E-state index contributed by atoms with van der Waals surface area (Å²) in [5, 5.41) is 5.65. The second-order valence-electron chi connectivity index (χ2n) is 7.64. The molecule has 0 spiro atoms. The van der Waals surface area contributed by atoms with E-state index in [1.165, 1.54) is 10.7 Å². The van der Waals surface area contributed by atoms with Gasteiger partial charge >= 0.3 is 0 Å². The Morgan fingerprint density at radius 2 is 1.71 bits per heavy atom. The third-order valence-corrected chi connectivity index (χ3v) is 7.41. The number of rotatable bonds is 6. The van der Waals surface area contributed by atoms with Crippen molar-refractivity contribution in [2.75, 3.05) is 19.6 Å². The Labute approximate surface area is 166 Å². The van der Waals surface area contributed by atoms with Gasteiger partial charge in [-0.05, 0) is 37.8 Å². The molecule has 3 rings (SSSR count). The Balaban J connectivity index is 1.51. The van der Waals surface area contributed by atoms with E-state index < -0.39 is 15.9 Å². The van der Waals surface area contributed by atoms with Gasteiger partial charge in [-0.25, -0.2) is 8.42 Å². The summed E-state index contributed by atoms with van der Waals surface area (Å²) in [5.74, 6) is -0.869. The predicted octanol–water partition coefficient (Wildman–Crippen LogP) is 1.65. The van der Waals surface area contributed by atoms with Crippen molar-refractivity contribution in [1.82, 2.24) is 14.9 Å². The van der Waals surface area contributed by atoms with Gasteiger partial charge in [-0.3, -0.25) is 9.59 Å². The fraction of sp³-hybridized carbons (Fsp3) is 0.600. The maximum Gasteiger partial charge on any atom is 0.243 e. The van der Waals surface area contributed by atoms with Crippen LogP contribution in [0, 0.1) is 5.92 Å². The number of piperidine rings is 1. The molecule has 1 saturated heterocycles. The molecule has 154 valence electrons. The highest BCUT2D eigenvalue weighted by Crippen LogP contribution is 2.23. The minimum Gasteiger partial charge on any atom is -0.352 e. The Hall–Kier alpha value is -1.93. The van der Waals surface area contributed by atoms with Crippen LogP contribution in [-0.2, 0) is 19.6 Å². The van der Waals surface area contributed by atoms with E-state index >= 15 is 0 Å². The molecule has 2 amide bonds. The van der Waals surface area contributed by atoms with Crippen LogP contribution in [0.3, 0.4) is 0 Å². The van der Waals surface area contributed by atoms with Crippen molar-refractivity contribution in [3.63, 3.8) is 0 Å². The lowest BCUT2D eigenvalue weighted by atomic mass is 9.95. The molecule has 0 radical (unpaired) electrons. The first-order valence-electron chi connectivity index (χ1n) is 10.1. The van der Waals surface area contributed by atoms with Gasteiger partial charge in [-0.2, -0.15) is 4.31 Å². The SMILES string of the molecule is O=C(CNC(=O)C1CCCN(S(=O)(=O)c2ccccc2)C1)NC1CCCCC1. The highest BCUT2D eigenvalue weighted by molar-refractivity contribution is 7.89. The van der Waals surface area contributed by atoms with Gasteiger partial charge in [0.05, 0.1) is 17.4 Å². The molecule has 7 nitrogen and oxygen atoms in total. The van der Waals surface area contributed by atoms with E-state index in [-0.39, 0.29) is 35.8 Å². The van der Waals surface area contributed by atoms with Crippen molar-refractivity contribution in [3.05, 3.63) is 30.3 Å². The summed E-state index contributed by atoms with van der Waals surface area (Å²) in [4.78, 5) is 24.8. The van der Waals surface area contributed by atoms with Gasteiger partial charge in [-0.1, -0.05) is 37.5 Å². The predicted molar refractivity (Wildman–Crippen MR) is 106 cm³/mol.